The number of carbonyl (C=O) groups is 2. The minimum Gasteiger partial charge on any atom is -0.467 e. The number of benzene rings is 1. The Bertz CT molecular complexity index is 787. The first-order valence-corrected chi connectivity index (χ1v) is 7.58. The molecule has 0 radical (unpaired) electrons. The quantitative estimate of drug-likeness (QED) is 0.456. The highest BCUT2D eigenvalue weighted by atomic mass is 16.5. The molecule has 0 atom stereocenters. The molecule has 7 nitrogen and oxygen atoms in total. The van der Waals surface area contributed by atoms with Crippen molar-refractivity contribution in [3.8, 4) is 6.07 Å². The molecule has 1 aromatic carbocycles. The van der Waals surface area contributed by atoms with Gasteiger partial charge in [0.15, 0.2) is 0 Å². The normalized spacial score (nSPS) is 10.6. The van der Waals surface area contributed by atoms with Crippen molar-refractivity contribution < 1.29 is 18.7 Å². The molecule has 25 heavy (non-hydrogen) atoms. The van der Waals surface area contributed by atoms with Gasteiger partial charge in [-0.1, -0.05) is 0 Å². The van der Waals surface area contributed by atoms with Crippen molar-refractivity contribution in [3.63, 3.8) is 0 Å². The number of anilines is 1. The molecule has 0 saturated carbocycles. The van der Waals surface area contributed by atoms with E-state index in [1.807, 2.05) is 6.07 Å². The zero-order valence-electron chi connectivity index (χ0n) is 13.6. The lowest BCUT2D eigenvalue weighted by Crippen LogP contribution is -2.24. The van der Waals surface area contributed by atoms with Crippen LogP contribution in [0.25, 0.3) is 0 Å². The van der Waals surface area contributed by atoms with Crippen LogP contribution < -0.4 is 10.6 Å². The summed E-state index contributed by atoms with van der Waals surface area (Å²) in [5, 5.41) is 14.5. The van der Waals surface area contributed by atoms with E-state index in [1.165, 1.54) is 12.5 Å². The number of rotatable bonds is 7. The van der Waals surface area contributed by atoms with Gasteiger partial charge in [0.1, 0.15) is 17.4 Å². The van der Waals surface area contributed by atoms with E-state index in [1.54, 1.807) is 43.3 Å². The average molecular weight is 339 g/mol. The lowest BCUT2D eigenvalue weighted by molar-refractivity contribution is -0.117. The number of ether oxygens (including phenoxy) is 1. The largest absolute Gasteiger partial charge is 0.467 e. The van der Waals surface area contributed by atoms with Gasteiger partial charge in [0.25, 0.3) is 5.91 Å². The van der Waals surface area contributed by atoms with Crippen LogP contribution in [0.5, 0.6) is 0 Å². The molecule has 0 aliphatic heterocycles. The minimum absolute atomic E-state index is 0.0824. The molecule has 0 aliphatic carbocycles. The molecule has 0 fully saturated rings. The van der Waals surface area contributed by atoms with Gasteiger partial charge in [-0.3, -0.25) is 4.79 Å². The molecule has 0 unspecified atom stereocenters. The molecule has 0 spiro atoms. The van der Waals surface area contributed by atoms with Crippen LogP contribution in [-0.4, -0.2) is 18.5 Å². The Balaban J connectivity index is 1.94. The van der Waals surface area contributed by atoms with E-state index in [9.17, 15) is 9.59 Å². The van der Waals surface area contributed by atoms with Crippen molar-refractivity contribution >= 4 is 17.6 Å². The Kier molecular flexibility index (Phi) is 6.37. The zero-order valence-corrected chi connectivity index (χ0v) is 13.6. The van der Waals surface area contributed by atoms with E-state index >= 15 is 0 Å². The first-order chi connectivity index (χ1) is 12.1. The Morgan fingerprint density at radius 1 is 1.28 bits per heavy atom. The molecule has 128 valence electrons. The summed E-state index contributed by atoms with van der Waals surface area (Å²) < 4.78 is 10.0. The van der Waals surface area contributed by atoms with Crippen molar-refractivity contribution in [2.24, 2.45) is 0 Å². The number of hydrogen-bond donors (Lipinski definition) is 2. The maximum Gasteiger partial charge on any atom is 0.338 e. The Labute approximate surface area is 144 Å². The number of nitriles is 1. The Morgan fingerprint density at radius 3 is 2.64 bits per heavy atom. The fourth-order valence-corrected chi connectivity index (χ4v) is 1.90. The van der Waals surface area contributed by atoms with Crippen LogP contribution in [-0.2, 0) is 16.1 Å². The van der Waals surface area contributed by atoms with E-state index < -0.39 is 11.9 Å². The number of hydrogen-bond acceptors (Lipinski definition) is 6. The smallest absolute Gasteiger partial charge is 0.338 e. The second-order valence-corrected chi connectivity index (χ2v) is 4.87. The van der Waals surface area contributed by atoms with Gasteiger partial charge in [-0.15, -0.1) is 0 Å². The molecule has 1 heterocycles. The van der Waals surface area contributed by atoms with Crippen molar-refractivity contribution in [3.05, 3.63) is 65.8 Å². The predicted octanol–water partition coefficient (Wildman–Crippen LogP) is 2.59. The van der Waals surface area contributed by atoms with Crippen LogP contribution in [0.1, 0.15) is 23.0 Å². The monoisotopic (exact) mass is 339 g/mol. The van der Waals surface area contributed by atoms with Gasteiger partial charge < -0.3 is 19.8 Å². The number of amides is 1. The predicted molar refractivity (Wildman–Crippen MR) is 90.3 cm³/mol. The zero-order chi connectivity index (χ0) is 18.1. The molecule has 1 amide bonds. The first kappa shape index (κ1) is 17.8. The van der Waals surface area contributed by atoms with Crippen molar-refractivity contribution in [1.29, 1.82) is 5.26 Å². The third-order valence-corrected chi connectivity index (χ3v) is 3.15. The third-order valence-electron chi connectivity index (χ3n) is 3.15. The second kappa shape index (κ2) is 8.93. The van der Waals surface area contributed by atoms with Crippen LogP contribution in [0.4, 0.5) is 5.69 Å². The van der Waals surface area contributed by atoms with E-state index in [-0.39, 0.29) is 12.1 Å². The van der Waals surface area contributed by atoms with Crippen LogP contribution in [0, 0.1) is 11.3 Å². The molecule has 0 aliphatic rings. The van der Waals surface area contributed by atoms with Gasteiger partial charge in [0.05, 0.1) is 25.0 Å². The van der Waals surface area contributed by atoms with Crippen LogP contribution >= 0.6 is 0 Å². The fourth-order valence-electron chi connectivity index (χ4n) is 1.90. The number of carbonyl (C=O) groups excluding carboxylic acids is 2. The molecule has 2 rings (SSSR count). The van der Waals surface area contributed by atoms with Gasteiger partial charge in [-0.05, 0) is 43.3 Å². The summed E-state index contributed by atoms with van der Waals surface area (Å²) in [5.41, 5.74) is 0.966. The third kappa shape index (κ3) is 5.25. The van der Waals surface area contributed by atoms with Crippen molar-refractivity contribution in [2.45, 2.75) is 13.5 Å². The summed E-state index contributed by atoms with van der Waals surface area (Å²) in [4.78, 5) is 23.5. The van der Waals surface area contributed by atoms with E-state index in [0.29, 0.717) is 23.6 Å². The maximum absolute atomic E-state index is 12.0. The van der Waals surface area contributed by atoms with Crippen LogP contribution in [0.2, 0.25) is 0 Å². The fraction of sp³-hybridized carbons (Fsp3) is 0.167. The SMILES string of the molecule is CCOC(=O)c1ccc(N/C=C(/C#N)C(=O)NCc2ccco2)cc1. The summed E-state index contributed by atoms with van der Waals surface area (Å²) in [6, 6.07) is 11.8. The molecular formula is C18H17N3O4. The highest BCUT2D eigenvalue weighted by Gasteiger charge is 2.09. The summed E-state index contributed by atoms with van der Waals surface area (Å²) in [6.45, 7) is 2.23. The highest BCUT2D eigenvalue weighted by Crippen LogP contribution is 2.11. The molecule has 2 N–H and O–H groups in total. The summed E-state index contributed by atoms with van der Waals surface area (Å²) in [7, 11) is 0. The molecule has 0 saturated heterocycles. The topological polar surface area (TPSA) is 104 Å². The van der Waals surface area contributed by atoms with Gasteiger partial charge in [-0.25, -0.2) is 4.79 Å². The van der Waals surface area contributed by atoms with Gasteiger partial charge >= 0.3 is 5.97 Å². The van der Waals surface area contributed by atoms with Gasteiger partial charge in [-0.2, -0.15) is 5.26 Å². The Morgan fingerprint density at radius 2 is 2.04 bits per heavy atom. The average Bonchev–Trinajstić information content (AvgIpc) is 3.14. The number of nitrogens with zero attached hydrogens (tertiary/aromatic N) is 1. The summed E-state index contributed by atoms with van der Waals surface area (Å²) >= 11 is 0. The van der Waals surface area contributed by atoms with E-state index in [4.69, 9.17) is 14.4 Å². The lowest BCUT2D eigenvalue weighted by Gasteiger charge is -2.05. The number of esters is 1. The van der Waals surface area contributed by atoms with E-state index in [0.717, 1.165) is 0 Å². The summed E-state index contributed by atoms with van der Waals surface area (Å²) in [6.07, 6.45) is 2.81. The van der Waals surface area contributed by atoms with Crippen LogP contribution in [0.15, 0.2) is 58.9 Å². The molecular weight excluding hydrogens is 322 g/mol. The lowest BCUT2D eigenvalue weighted by atomic mass is 10.2. The van der Waals surface area contributed by atoms with Gasteiger partial charge in [0.2, 0.25) is 0 Å². The van der Waals surface area contributed by atoms with E-state index in [2.05, 4.69) is 10.6 Å². The maximum atomic E-state index is 12.0. The summed E-state index contributed by atoms with van der Waals surface area (Å²) in [5.74, 6) is -0.331. The standard InChI is InChI=1S/C18H17N3O4/c1-2-24-18(23)13-5-7-15(8-6-13)20-11-14(10-19)17(22)21-12-16-4-3-9-25-16/h3-9,11,20H,2,12H2,1H3,(H,21,22)/b14-11-. The van der Waals surface area contributed by atoms with Crippen LogP contribution in [0.3, 0.4) is 0 Å². The molecule has 0 bridgehead atoms. The molecule has 7 heteroatoms. The molecule has 2 aromatic rings. The highest BCUT2D eigenvalue weighted by molar-refractivity contribution is 5.97. The molecule has 1 aromatic heterocycles. The first-order valence-electron chi connectivity index (χ1n) is 7.58. The number of furan rings is 1. The second-order valence-electron chi connectivity index (χ2n) is 4.87. The van der Waals surface area contributed by atoms with Crippen molar-refractivity contribution in [2.75, 3.05) is 11.9 Å². The Hall–Kier alpha value is -3.53. The van der Waals surface area contributed by atoms with Gasteiger partial charge in [0, 0.05) is 11.9 Å². The number of nitrogens with one attached hydrogen (secondary N) is 2. The van der Waals surface area contributed by atoms with Crippen molar-refractivity contribution in [1.82, 2.24) is 5.32 Å². The minimum atomic E-state index is -0.519.